The van der Waals surface area contributed by atoms with E-state index in [0.717, 1.165) is 13.1 Å². The molecule has 0 aromatic carbocycles. The van der Waals surface area contributed by atoms with Gasteiger partial charge in [-0.1, -0.05) is 13.8 Å². The number of halogens is 3. The maximum atomic E-state index is 12.3. The quantitative estimate of drug-likeness (QED) is 0.838. The molecule has 1 saturated heterocycles. The molecule has 2 nitrogen and oxygen atoms in total. The first-order valence-electron chi connectivity index (χ1n) is 7.41. The number of piperazine rings is 1. The lowest BCUT2D eigenvalue weighted by Gasteiger charge is -2.48. The fourth-order valence-corrected chi connectivity index (χ4v) is 3.79. The van der Waals surface area contributed by atoms with E-state index in [1.807, 2.05) is 0 Å². The van der Waals surface area contributed by atoms with Crippen molar-refractivity contribution in [2.45, 2.75) is 50.7 Å². The predicted molar refractivity (Wildman–Crippen MR) is 77.8 cm³/mol. The predicted octanol–water partition coefficient (Wildman–Crippen LogP) is 3.34. The second-order valence-corrected chi connectivity index (χ2v) is 7.81. The zero-order chi connectivity index (χ0) is 15.0. The average molecular weight is 310 g/mol. The van der Waals surface area contributed by atoms with Crippen molar-refractivity contribution in [1.82, 2.24) is 10.2 Å². The summed E-state index contributed by atoms with van der Waals surface area (Å²) in [4.78, 5) is 2.28. The molecule has 1 aliphatic heterocycles. The van der Waals surface area contributed by atoms with Crippen LogP contribution in [0.5, 0.6) is 0 Å². The van der Waals surface area contributed by atoms with Crippen molar-refractivity contribution in [3.8, 4) is 0 Å². The first-order chi connectivity index (χ1) is 9.21. The van der Waals surface area contributed by atoms with Crippen molar-refractivity contribution in [3.05, 3.63) is 0 Å². The van der Waals surface area contributed by atoms with E-state index in [2.05, 4.69) is 31.0 Å². The van der Waals surface area contributed by atoms with Gasteiger partial charge in [-0.15, -0.1) is 0 Å². The molecule has 6 heteroatoms. The van der Waals surface area contributed by atoms with Crippen LogP contribution in [0.2, 0.25) is 0 Å². The minimum absolute atomic E-state index is 0.0916. The number of nitrogens with one attached hydrogen (secondary N) is 1. The van der Waals surface area contributed by atoms with Crippen molar-refractivity contribution in [2.75, 3.05) is 25.4 Å². The number of nitrogens with zero attached hydrogens (tertiary/aromatic N) is 1. The number of hydrogen-bond acceptors (Lipinski definition) is 3. The van der Waals surface area contributed by atoms with Gasteiger partial charge in [0.1, 0.15) is 0 Å². The van der Waals surface area contributed by atoms with E-state index in [1.54, 1.807) is 0 Å². The van der Waals surface area contributed by atoms with Gasteiger partial charge in [0.15, 0.2) is 0 Å². The van der Waals surface area contributed by atoms with Crippen LogP contribution >= 0.6 is 11.8 Å². The lowest BCUT2D eigenvalue weighted by Crippen LogP contribution is -2.65. The van der Waals surface area contributed by atoms with E-state index in [-0.39, 0.29) is 23.1 Å². The van der Waals surface area contributed by atoms with Crippen LogP contribution in [0.1, 0.15) is 33.6 Å². The Kier molecular flexibility index (Phi) is 4.97. The summed E-state index contributed by atoms with van der Waals surface area (Å²) in [5.74, 6) is 1.29. The molecule has 0 aromatic heterocycles. The Morgan fingerprint density at radius 2 is 2.00 bits per heavy atom. The Morgan fingerprint density at radius 1 is 1.35 bits per heavy atom. The summed E-state index contributed by atoms with van der Waals surface area (Å²) < 4.78 is 36.9. The van der Waals surface area contributed by atoms with Crippen molar-refractivity contribution < 1.29 is 13.2 Å². The van der Waals surface area contributed by atoms with Gasteiger partial charge in [0.05, 0.1) is 0 Å². The summed E-state index contributed by atoms with van der Waals surface area (Å²) in [6.45, 7) is 8.81. The molecule has 0 bridgehead atoms. The molecule has 118 valence electrons. The Bertz CT molecular complexity index is 331. The van der Waals surface area contributed by atoms with Crippen molar-refractivity contribution in [3.63, 3.8) is 0 Å². The first-order valence-corrected chi connectivity index (χ1v) is 8.39. The van der Waals surface area contributed by atoms with Crippen molar-refractivity contribution in [2.24, 2.45) is 11.8 Å². The van der Waals surface area contributed by atoms with Crippen LogP contribution in [-0.2, 0) is 0 Å². The summed E-state index contributed by atoms with van der Waals surface area (Å²) in [7, 11) is 0. The molecular formula is C14H25F3N2S. The zero-order valence-corrected chi connectivity index (χ0v) is 13.3. The van der Waals surface area contributed by atoms with Gasteiger partial charge >= 0.3 is 5.51 Å². The number of thioether (sulfide) groups is 1. The highest BCUT2D eigenvalue weighted by atomic mass is 32.2. The van der Waals surface area contributed by atoms with E-state index in [0.29, 0.717) is 24.4 Å². The van der Waals surface area contributed by atoms with E-state index in [1.165, 1.54) is 12.8 Å². The van der Waals surface area contributed by atoms with Crippen LogP contribution in [0, 0.1) is 11.8 Å². The molecule has 2 unspecified atom stereocenters. The monoisotopic (exact) mass is 310 g/mol. The third kappa shape index (κ3) is 4.28. The molecule has 2 rings (SSSR count). The smallest absolute Gasteiger partial charge is 0.308 e. The van der Waals surface area contributed by atoms with Gasteiger partial charge < -0.3 is 5.32 Å². The second kappa shape index (κ2) is 6.05. The van der Waals surface area contributed by atoms with Crippen molar-refractivity contribution >= 4 is 11.8 Å². The topological polar surface area (TPSA) is 15.3 Å². The van der Waals surface area contributed by atoms with E-state index in [9.17, 15) is 13.2 Å². The van der Waals surface area contributed by atoms with Crippen LogP contribution in [0.4, 0.5) is 13.2 Å². The third-order valence-electron chi connectivity index (χ3n) is 4.61. The SMILES string of the molecule is CC(C)C1CNC(C)(C2CC2)CN1CCSC(F)(F)F. The van der Waals surface area contributed by atoms with E-state index >= 15 is 0 Å². The molecule has 1 aliphatic carbocycles. The van der Waals surface area contributed by atoms with Crippen LogP contribution in [0.15, 0.2) is 0 Å². The maximum Gasteiger partial charge on any atom is 0.441 e. The van der Waals surface area contributed by atoms with Crippen LogP contribution in [-0.4, -0.2) is 47.4 Å². The van der Waals surface area contributed by atoms with Crippen molar-refractivity contribution in [1.29, 1.82) is 0 Å². The molecule has 0 spiro atoms. The average Bonchev–Trinajstić information content (AvgIpc) is 3.10. The molecule has 1 N–H and O–H groups in total. The highest BCUT2D eigenvalue weighted by Crippen LogP contribution is 2.42. The summed E-state index contributed by atoms with van der Waals surface area (Å²) in [6.07, 6.45) is 2.50. The molecule has 0 radical (unpaired) electrons. The van der Waals surface area contributed by atoms with E-state index in [4.69, 9.17) is 0 Å². The largest absolute Gasteiger partial charge is 0.441 e. The van der Waals surface area contributed by atoms with Gasteiger partial charge in [-0.3, -0.25) is 4.90 Å². The second-order valence-electron chi connectivity index (χ2n) is 6.65. The summed E-state index contributed by atoms with van der Waals surface area (Å²) in [5, 5.41) is 3.65. The number of rotatable bonds is 5. The summed E-state index contributed by atoms with van der Waals surface area (Å²) >= 11 is 0.103. The van der Waals surface area contributed by atoms with Gasteiger partial charge in [0, 0.05) is 37.0 Å². The standard InChI is InChI=1S/C14H25F3N2S/c1-10(2)12-8-18-13(3,11-4-5-11)9-19(12)6-7-20-14(15,16)17/h10-12,18H,4-9H2,1-3H3. The maximum absolute atomic E-state index is 12.3. The minimum Gasteiger partial charge on any atom is -0.308 e. The van der Waals surface area contributed by atoms with Crippen LogP contribution < -0.4 is 5.32 Å². The van der Waals surface area contributed by atoms with Gasteiger partial charge in [-0.2, -0.15) is 13.2 Å². The molecule has 1 heterocycles. The van der Waals surface area contributed by atoms with Gasteiger partial charge in [0.25, 0.3) is 0 Å². The Balaban J connectivity index is 1.92. The Hall–Kier alpha value is 0.0600. The highest BCUT2D eigenvalue weighted by Gasteiger charge is 2.46. The molecule has 0 amide bonds. The first kappa shape index (κ1) is 16.4. The van der Waals surface area contributed by atoms with Gasteiger partial charge in [0.2, 0.25) is 0 Å². The Morgan fingerprint density at radius 3 is 2.50 bits per heavy atom. The van der Waals surface area contributed by atoms with Crippen LogP contribution in [0.25, 0.3) is 0 Å². The number of hydrogen-bond donors (Lipinski definition) is 1. The summed E-state index contributed by atoms with van der Waals surface area (Å²) in [6, 6.07) is 0.343. The molecule has 2 atom stereocenters. The lowest BCUT2D eigenvalue weighted by atomic mass is 9.88. The molecule has 2 aliphatic rings. The number of alkyl halides is 3. The van der Waals surface area contributed by atoms with Gasteiger partial charge in [-0.25, -0.2) is 0 Å². The summed E-state index contributed by atoms with van der Waals surface area (Å²) in [5.41, 5.74) is -4.02. The van der Waals surface area contributed by atoms with Gasteiger partial charge in [-0.05, 0) is 43.4 Å². The fraction of sp³-hybridized carbons (Fsp3) is 1.00. The Labute approximate surface area is 123 Å². The molecule has 20 heavy (non-hydrogen) atoms. The van der Waals surface area contributed by atoms with E-state index < -0.39 is 5.51 Å². The fourth-order valence-electron chi connectivity index (χ4n) is 3.24. The zero-order valence-electron chi connectivity index (χ0n) is 12.5. The minimum atomic E-state index is -4.11. The third-order valence-corrected chi connectivity index (χ3v) is 5.32. The molecular weight excluding hydrogens is 285 g/mol. The molecule has 0 aromatic rings. The van der Waals surface area contributed by atoms with Crippen LogP contribution in [0.3, 0.4) is 0 Å². The molecule has 1 saturated carbocycles. The normalized spacial score (nSPS) is 32.9. The molecule has 2 fully saturated rings. The highest BCUT2D eigenvalue weighted by molar-refractivity contribution is 8.00. The lowest BCUT2D eigenvalue weighted by molar-refractivity contribution is -0.0330.